The van der Waals surface area contributed by atoms with E-state index in [0.29, 0.717) is 0 Å². The monoisotopic (exact) mass is 409 g/mol. The number of phosphoric ester groups is 1. The van der Waals surface area contributed by atoms with E-state index in [4.69, 9.17) is 21.4 Å². The third kappa shape index (κ3) is 5.47. The smallest absolute Gasteiger partial charge is 0.403 e. The third-order valence-corrected chi connectivity index (χ3v) is 3.74. The molecule has 0 aromatic heterocycles. The van der Waals surface area contributed by atoms with E-state index >= 15 is 0 Å². The van der Waals surface area contributed by atoms with Crippen molar-refractivity contribution < 1.29 is 36.8 Å². The summed E-state index contributed by atoms with van der Waals surface area (Å²) in [5.41, 5.74) is -1.20. The summed E-state index contributed by atoms with van der Waals surface area (Å²) < 4.78 is 54.0. The van der Waals surface area contributed by atoms with Gasteiger partial charge in [0.15, 0.2) is 0 Å². The number of rotatable bonds is 4. The Morgan fingerprint density at radius 2 is 1.85 bits per heavy atom. The van der Waals surface area contributed by atoms with Crippen LogP contribution in [-0.4, -0.2) is 15.7 Å². The predicted octanol–water partition coefficient (Wildman–Crippen LogP) is 4.39. The molecule has 0 saturated carbocycles. The zero-order valence-electron chi connectivity index (χ0n) is 13.0. The third-order valence-electron chi connectivity index (χ3n) is 3.07. The molecule has 140 valence electrons. The average Bonchev–Trinajstić information content (AvgIpc) is 2.46. The van der Waals surface area contributed by atoms with Gasteiger partial charge in [0, 0.05) is 10.7 Å². The lowest BCUT2D eigenvalue weighted by atomic mass is 10.1. The standard InChI is InChI=1S/C15H12ClF3NO5P/c1-8-4-9(15(17,18)19)6-11(5-8)20-14(21)12-7-10(16)2-3-13(12)25-26(22,23)24/h2-7H,1H3,(H,20,21)(H2,22,23,24). The topological polar surface area (TPSA) is 95.9 Å². The summed E-state index contributed by atoms with van der Waals surface area (Å²) in [6.45, 7) is 1.42. The van der Waals surface area contributed by atoms with Crippen molar-refractivity contribution >= 4 is 31.0 Å². The quantitative estimate of drug-likeness (QED) is 0.651. The molecule has 6 nitrogen and oxygen atoms in total. The van der Waals surface area contributed by atoms with Crippen LogP contribution in [0.15, 0.2) is 36.4 Å². The highest BCUT2D eigenvalue weighted by atomic mass is 35.5. The van der Waals surface area contributed by atoms with Crippen molar-refractivity contribution in [1.29, 1.82) is 0 Å². The van der Waals surface area contributed by atoms with E-state index in [1.165, 1.54) is 19.1 Å². The number of anilines is 1. The van der Waals surface area contributed by atoms with Gasteiger partial charge in [-0.15, -0.1) is 0 Å². The average molecular weight is 410 g/mol. The van der Waals surface area contributed by atoms with Gasteiger partial charge in [0.05, 0.1) is 11.1 Å². The van der Waals surface area contributed by atoms with E-state index in [1.807, 2.05) is 0 Å². The van der Waals surface area contributed by atoms with Gasteiger partial charge in [0.25, 0.3) is 5.91 Å². The maximum atomic E-state index is 12.9. The fourth-order valence-corrected chi connectivity index (χ4v) is 2.69. The summed E-state index contributed by atoms with van der Waals surface area (Å²) >= 11 is 5.77. The molecule has 2 aromatic rings. The van der Waals surface area contributed by atoms with Crippen molar-refractivity contribution in [3.63, 3.8) is 0 Å². The molecule has 0 aliphatic heterocycles. The van der Waals surface area contributed by atoms with Crippen LogP contribution in [-0.2, 0) is 10.7 Å². The molecule has 1 amide bonds. The SMILES string of the molecule is Cc1cc(NC(=O)c2cc(Cl)ccc2OP(=O)(O)O)cc(C(F)(F)F)c1. The highest BCUT2D eigenvalue weighted by Crippen LogP contribution is 2.40. The van der Waals surface area contributed by atoms with Gasteiger partial charge in [-0.3, -0.25) is 14.6 Å². The summed E-state index contributed by atoms with van der Waals surface area (Å²) in [6.07, 6.45) is -4.60. The number of hydrogen-bond donors (Lipinski definition) is 3. The van der Waals surface area contributed by atoms with Crippen molar-refractivity contribution in [1.82, 2.24) is 0 Å². The summed E-state index contributed by atoms with van der Waals surface area (Å²) in [6, 6.07) is 6.32. The van der Waals surface area contributed by atoms with E-state index < -0.39 is 31.2 Å². The Balaban J connectivity index is 2.38. The van der Waals surface area contributed by atoms with Crippen molar-refractivity contribution in [3.8, 4) is 5.75 Å². The van der Waals surface area contributed by atoms with Crippen LogP contribution in [0.3, 0.4) is 0 Å². The van der Waals surface area contributed by atoms with E-state index in [-0.39, 0.29) is 21.8 Å². The van der Waals surface area contributed by atoms with Gasteiger partial charge >= 0.3 is 14.0 Å². The number of benzene rings is 2. The van der Waals surface area contributed by atoms with Gasteiger partial charge in [-0.25, -0.2) is 4.57 Å². The number of aryl methyl sites for hydroxylation is 1. The van der Waals surface area contributed by atoms with Crippen molar-refractivity contribution in [2.45, 2.75) is 13.1 Å². The fraction of sp³-hybridized carbons (Fsp3) is 0.133. The van der Waals surface area contributed by atoms with Crippen LogP contribution >= 0.6 is 19.4 Å². The Morgan fingerprint density at radius 1 is 1.19 bits per heavy atom. The van der Waals surface area contributed by atoms with Crippen LogP contribution in [0, 0.1) is 6.92 Å². The minimum atomic E-state index is -4.96. The maximum absolute atomic E-state index is 12.9. The van der Waals surface area contributed by atoms with Crippen molar-refractivity contribution in [2.75, 3.05) is 5.32 Å². The first-order valence-corrected chi connectivity index (χ1v) is 8.81. The number of alkyl halides is 3. The lowest BCUT2D eigenvalue weighted by Crippen LogP contribution is -2.15. The van der Waals surface area contributed by atoms with Gasteiger partial charge in [-0.1, -0.05) is 11.6 Å². The Labute approximate surface area is 150 Å². The number of phosphoric acid groups is 1. The van der Waals surface area contributed by atoms with Gasteiger partial charge in [0.2, 0.25) is 0 Å². The van der Waals surface area contributed by atoms with Crippen LogP contribution in [0.5, 0.6) is 5.75 Å². The first-order valence-electron chi connectivity index (χ1n) is 6.90. The number of nitrogens with one attached hydrogen (secondary N) is 1. The molecule has 0 saturated heterocycles. The lowest BCUT2D eigenvalue weighted by molar-refractivity contribution is -0.137. The molecule has 3 N–H and O–H groups in total. The molecule has 0 radical (unpaired) electrons. The number of carbonyl (C=O) groups is 1. The largest absolute Gasteiger partial charge is 0.524 e. The molecule has 11 heteroatoms. The number of amides is 1. The molecule has 0 fully saturated rings. The molecule has 0 spiro atoms. The van der Waals surface area contributed by atoms with E-state index in [1.54, 1.807) is 0 Å². The summed E-state index contributed by atoms with van der Waals surface area (Å²) in [7, 11) is -4.96. The maximum Gasteiger partial charge on any atom is 0.524 e. The molecule has 0 atom stereocenters. The Bertz CT molecular complexity index is 897. The molecular weight excluding hydrogens is 398 g/mol. The molecule has 2 aromatic carbocycles. The van der Waals surface area contributed by atoms with Gasteiger partial charge in [0.1, 0.15) is 5.75 Å². The number of halogens is 4. The van der Waals surface area contributed by atoms with E-state index in [2.05, 4.69) is 9.84 Å². The zero-order valence-corrected chi connectivity index (χ0v) is 14.7. The lowest BCUT2D eigenvalue weighted by Gasteiger charge is -2.14. The first-order chi connectivity index (χ1) is 11.8. The highest BCUT2D eigenvalue weighted by molar-refractivity contribution is 7.46. The summed E-state index contributed by atoms with van der Waals surface area (Å²) in [5, 5.41) is 2.30. The first kappa shape index (κ1) is 20.3. The van der Waals surface area contributed by atoms with Crippen LogP contribution in [0.4, 0.5) is 18.9 Å². The molecule has 2 rings (SSSR count). The Kier molecular flexibility index (Phi) is 5.67. The molecule has 0 unspecified atom stereocenters. The number of hydrogen-bond acceptors (Lipinski definition) is 3. The molecular formula is C15H12ClF3NO5P. The second-order valence-electron chi connectivity index (χ2n) is 5.26. The summed E-state index contributed by atoms with van der Waals surface area (Å²) in [4.78, 5) is 30.2. The van der Waals surface area contributed by atoms with Crippen molar-refractivity contribution in [2.24, 2.45) is 0 Å². The Hall–Kier alpha value is -2.06. The fourth-order valence-electron chi connectivity index (χ4n) is 2.10. The minimum absolute atomic E-state index is 0.0634. The minimum Gasteiger partial charge on any atom is -0.403 e. The molecule has 0 bridgehead atoms. The van der Waals surface area contributed by atoms with Gasteiger partial charge < -0.3 is 9.84 Å². The second kappa shape index (κ2) is 7.28. The highest BCUT2D eigenvalue weighted by Gasteiger charge is 2.31. The van der Waals surface area contributed by atoms with E-state index in [0.717, 1.165) is 24.3 Å². The molecule has 26 heavy (non-hydrogen) atoms. The normalized spacial score (nSPS) is 12.0. The van der Waals surface area contributed by atoms with E-state index in [9.17, 15) is 22.5 Å². The van der Waals surface area contributed by atoms with Crippen LogP contribution in [0.1, 0.15) is 21.5 Å². The van der Waals surface area contributed by atoms with Crippen molar-refractivity contribution in [3.05, 3.63) is 58.1 Å². The second-order valence-corrected chi connectivity index (χ2v) is 6.86. The molecule has 0 aliphatic carbocycles. The Morgan fingerprint density at radius 3 is 2.42 bits per heavy atom. The molecule has 0 aliphatic rings. The summed E-state index contributed by atoms with van der Waals surface area (Å²) in [5.74, 6) is -1.42. The zero-order chi connectivity index (χ0) is 19.7. The van der Waals surface area contributed by atoms with Gasteiger partial charge in [-0.2, -0.15) is 13.2 Å². The van der Waals surface area contributed by atoms with Crippen LogP contribution in [0.25, 0.3) is 0 Å². The molecule has 0 heterocycles. The van der Waals surface area contributed by atoms with Crippen LogP contribution in [0.2, 0.25) is 5.02 Å². The predicted molar refractivity (Wildman–Crippen MR) is 88.3 cm³/mol. The van der Waals surface area contributed by atoms with Gasteiger partial charge in [-0.05, 0) is 48.9 Å². The number of carbonyl (C=O) groups excluding carboxylic acids is 1. The van der Waals surface area contributed by atoms with Crippen LogP contribution < -0.4 is 9.84 Å².